The van der Waals surface area contributed by atoms with Gasteiger partial charge in [-0.1, -0.05) is 11.6 Å². The molecule has 0 unspecified atom stereocenters. The van der Waals surface area contributed by atoms with Gasteiger partial charge >= 0.3 is 0 Å². The molecule has 0 aromatic carbocycles. The molecule has 15 heavy (non-hydrogen) atoms. The molecule has 1 aliphatic carbocycles. The summed E-state index contributed by atoms with van der Waals surface area (Å²) in [5.41, 5.74) is -0.687. The number of hydrogen-bond acceptors (Lipinski definition) is 3. The smallest absolute Gasteiger partial charge is 0.166 e. The molecule has 0 amide bonds. The Labute approximate surface area is 92.3 Å². The van der Waals surface area contributed by atoms with Gasteiger partial charge in [-0.3, -0.25) is 0 Å². The van der Waals surface area contributed by atoms with E-state index in [-0.39, 0.29) is 10.8 Å². The van der Waals surface area contributed by atoms with Crippen molar-refractivity contribution in [2.75, 3.05) is 11.9 Å². The van der Waals surface area contributed by atoms with Crippen molar-refractivity contribution in [2.45, 2.75) is 24.9 Å². The lowest BCUT2D eigenvalue weighted by Gasteiger charge is -2.36. The number of anilines is 1. The van der Waals surface area contributed by atoms with Crippen LogP contribution >= 0.6 is 11.6 Å². The van der Waals surface area contributed by atoms with Gasteiger partial charge in [0.05, 0.1) is 10.6 Å². The van der Waals surface area contributed by atoms with Crippen LogP contribution in [0.5, 0.6) is 0 Å². The number of nitrogens with one attached hydrogen (secondary N) is 1. The fourth-order valence-electron chi connectivity index (χ4n) is 1.55. The summed E-state index contributed by atoms with van der Waals surface area (Å²) in [6.45, 7) is 0.332. The number of rotatable bonds is 3. The number of nitrogens with zero attached hydrogens (tertiary/aromatic N) is 1. The third kappa shape index (κ3) is 2.38. The molecule has 1 heterocycles. The number of pyridine rings is 1. The summed E-state index contributed by atoms with van der Waals surface area (Å²) < 4.78 is 13.3. The van der Waals surface area contributed by atoms with Crippen LogP contribution in [0.15, 0.2) is 12.3 Å². The molecule has 5 heteroatoms. The molecule has 2 rings (SSSR count). The lowest BCUT2D eigenvalue weighted by molar-refractivity contribution is -0.0203. The number of aromatic nitrogens is 1. The second-order valence-corrected chi connectivity index (χ2v) is 4.35. The molecule has 0 atom stereocenters. The van der Waals surface area contributed by atoms with Crippen molar-refractivity contribution in [2.24, 2.45) is 0 Å². The minimum Gasteiger partial charge on any atom is -0.388 e. The molecule has 0 bridgehead atoms. The van der Waals surface area contributed by atoms with Crippen LogP contribution in [0.3, 0.4) is 0 Å². The molecule has 0 spiro atoms. The van der Waals surface area contributed by atoms with Crippen molar-refractivity contribution >= 4 is 17.4 Å². The summed E-state index contributed by atoms with van der Waals surface area (Å²) in [5, 5.41) is 12.8. The maximum Gasteiger partial charge on any atom is 0.166 e. The average Bonchev–Trinajstić information content (AvgIpc) is 2.14. The van der Waals surface area contributed by atoms with E-state index in [1.165, 1.54) is 12.3 Å². The molecule has 1 fully saturated rings. The zero-order valence-corrected chi connectivity index (χ0v) is 8.89. The first-order chi connectivity index (χ1) is 7.09. The minimum atomic E-state index is -0.687. The van der Waals surface area contributed by atoms with E-state index in [2.05, 4.69) is 10.3 Å². The monoisotopic (exact) mass is 230 g/mol. The Morgan fingerprint density at radius 1 is 1.60 bits per heavy atom. The standard InChI is InChI=1S/C10H12ClFN2O/c11-7-4-8(12)9(13-5-7)14-6-10(15)2-1-3-10/h4-5,15H,1-3,6H2,(H,13,14). The van der Waals surface area contributed by atoms with Gasteiger partial charge in [0.25, 0.3) is 0 Å². The maximum absolute atomic E-state index is 13.3. The number of halogens is 2. The SMILES string of the molecule is OC1(CNc2ncc(Cl)cc2F)CCC1. The van der Waals surface area contributed by atoms with Crippen molar-refractivity contribution < 1.29 is 9.50 Å². The Kier molecular flexibility index (Phi) is 2.80. The van der Waals surface area contributed by atoms with E-state index in [1.807, 2.05) is 0 Å². The third-order valence-corrected chi connectivity index (χ3v) is 2.88. The third-order valence-electron chi connectivity index (χ3n) is 2.68. The highest BCUT2D eigenvalue weighted by Gasteiger charge is 2.34. The molecule has 3 nitrogen and oxygen atoms in total. The fourth-order valence-corrected chi connectivity index (χ4v) is 1.70. The molecular weight excluding hydrogens is 219 g/mol. The quantitative estimate of drug-likeness (QED) is 0.837. The maximum atomic E-state index is 13.3. The van der Waals surface area contributed by atoms with Gasteiger partial charge < -0.3 is 10.4 Å². The van der Waals surface area contributed by atoms with Crippen molar-refractivity contribution in [3.63, 3.8) is 0 Å². The summed E-state index contributed by atoms with van der Waals surface area (Å²) in [6.07, 6.45) is 3.91. The number of hydrogen-bond donors (Lipinski definition) is 2. The van der Waals surface area contributed by atoms with E-state index < -0.39 is 11.4 Å². The van der Waals surface area contributed by atoms with Crippen LogP contribution in [-0.2, 0) is 0 Å². The van der Waals surface area contributed by atoms with Gasteiger partial charge in [-0.15, -0.1) is 0 Å². The molecule has 1 saturated carbocycles. The molecule has 1 aliphatic rings. The van der Waals surface area contributed by atoms with Crippen molar-refractivity contribution in [1.29, 1.82) is 0 Å². The van der Waals surface area contributed by atoms with Crippen LogP contribution in [-0.4, -0.2) is 22.2 Å². The Bertz CT molecular complexity index is 368. The molecule has 0 aliphatic heterocycles. The van der Waals surface area contributed by atoms with Gasteiger partial charge in [-0.25, -0.2) is 9.37 Å². The van der Waals surface area contributed by atoms with Gasteiger partial charge in [0.1, 0.15) is 0 Å². The average molecular weight is 231 g/mol. The van der Waals surface area contributed by atoms with E-state index in [0.29, 0.717) is 6.54 Å². The van der Waals surface area contributed by atoms with Gasteiger partial charge in [0.15, 0.2) is 11.6 Å². The van der Waals surface area contributed by atoms with Crippen LogP contribution in [0.4, 0.5) is 10.2 Å². The summed E-state index contributed by atoms with van der Waals surface area (Å²) in [4.78, 5) is 3.81. The van der Waals surface area contributed by atoms with Crippen LogP contribution in [0.2, 0.25) is 5.02 Å². The largest absolute Gasteiger partial charge is 0.388 e. The zero-order valence-electron chi connectivity index (χ0n) is 8.13. The molecular formula is C10H12ClFN2O. The van der Waals surface area contributed by atoms with E-state index in [4.69, 9.17) is 11.6 Å². The first-order valence-electron chi connectivity index (χ1n) is 4.86. The second-order valence-electron chi connectivity index (χ2n) is 3.92. The lowest BCUT2D eigenvalue weighted by atomic mass is 9.80. The summed E-state index contributed by atoms with van der Waals surface area (Å²) in [7, 11) is 0. The molecule has 1 aromatic rings. The molecule has 0 radical (unpaired) electrons. The fraction of sp³-hybridized carbons (Fsp3) is 0.500. The highest BCUT2D eigenvalue weighted by molar-refractivity contribution is 6.30. The van der Waals surface area contributed by atoms with Crippen molar-refractivity contribution in [1.82, 2.24) is 4.98 Å². The second kappa shape index (κ2) is 3.94. The first kappa shape index (κ1) is 10.6. The van der Waals surface area contributed by atoms with E-state index in [9.17, 15) is 9.50 Å². The Balaban J connectivity index is 1.98. The van der Waals surface area contributed by atoms with E-state index in [1.54, 1.807) is 0 Å². The van der Waals surface area contributed by atoms with Crippen LogP contribution in [0.25, 0.3) is 0 Å². The minimum absolute atomic E-state index is 0.139. The Morgan fingerprint density at radius 2 is 2.33 bits per heavy atom. The molecule has 82 valence electrons. The Hall–Kier alpha value is -0.870. The van der Waals surface area contributed by atoms with Crippen LogP contribution in [0.1, 0.15) is 19.3 Å². The highest BCUT2D eigenvalue weighted by atomic mass is 35.5. The summed E-state index contributed by atoms with van der Waals surface area (Å²) in [6, 6.07) is 1.20. The van der Waals surface area contributed by atoms with Gasteiger partial charge in [-0.2, -0.15) is 0 Å². The predicted octanol–water partition coefficient (Wildman–Crippen LogP) is 2.20. The normalized spacial score (nSPS) is 18.3. The zero-order chi connectivity index (χ0) is 10.9. The molecule has 0 saturated heterocycles. The van der Waals surface area contributed by atoms with Crippen LogP contribution < -0.4 is 5.32 Å². The highest BCUT2D eigenvalue weighted by Crippen LogP contribution is 2.31. The topological polar surface area (TPSA) is 45.1 Å². The summed E-state index contributed by atoms with van der Waals surface area (Å²) in [5.74, 6) is -0.356. The first-order valence-corrected chi connectivity index (χ1v) is 5.24. The van der Waals surface area contributed by atoms with E-state index in [0.717, 1.165) is 19.3 Å². The van der Waals surface area contributed by atoms with E-state index >= 15 is 0 Å². The molecule has 1 aromatic heterocycles. The van der Waals surface area contributed by atoms with Gasteiger partial charge in [-0.05, 0) is 25.3 Å². The lowest BCUT2D eigenvalue weighted by Crippen LogP contribution is -2.43. The van der Waals surface area contributed by atoms with Gasteiger partial charge in [0, 0.05) is 12.7 Å². The predicted molar refractivity (Wildman–Crippen MR) is 56.5 cm³/mol. The van der Waals surface area contributed by atoms with Crippen molar-refractivity contribution in [3.8, 4) is 0 Å². The van der Waals surface area contributed by atoms with Crippen LogP contribution in [0, 0.1) is 5.82 Å². The van der Waals surface area contributed by atoms with Gasteiger partial charge in [0.2, 0.25) is 0 Å². The van der Waals surface area contributed by atoms with Crippen molar-refractivity contribution in [3.05, 3.63) is 23.1 Å². The number of aliphatic hydroxyl groups is 1. The summed E-state index contributed by atoms with van der Waals surface area (Å²) >= 11 is 5.57. The Morgan fingerprint density at radius 3 is 2.87 bits per heavy atom. The molecule has 2 N–H and O–H groups in total.